The lowest BCUT2D eigenvalue weighted by atomic mass is 9.77. The Labute approximate surface area is 79.0 Å². The standard InChI is InChI=1S/C11H16O2/c1-6-8(3)11(5,13)9(4)7(2)10(6)12/h13H,1-5H3. The van der Waals surface area contributed by atoms with Gasteiger partial charge >= 0.3 is 0 Å². The summed E-state index contributed by atoms with van der Waals surface area (Å²) < 4.78 is 0. The fraction of sp³-hybridized carbons (Fsp3) is 0.545. The van der Waals surface area contributed by atoms with Crippen LogP contribution in [0, 0.1) is 0 Å². The summed E-state index contributed by atoms with van der Waals surface area (Å²) >= 11 is 0. The topological polar surface area (TPSA) is 37.3 Å². The van der Waals surface area contributed by atoms with Gasteiger partial charge in [-0.2, -0.15) is 0 Å². The molecular formula is C11H16O2. The fourth-order valence-corrected chi connectivity index (χ4v) is 1.63. The molecule has 1 N–H and O–H groups in total. The minimum atomic E-state index is -0.942. The van der Waals surface area contributed by atoms with Crippen molar-refractivity contribution in [2.45, 2.75) is 40.2 Å². The van der Waals surface area contributed by atoms with E-state index in [4.69, 9.17) is 0 Å². The maximum Gasteiger partial charge on any atom is 0.184 e. The summed E-state index contributed by atoms with van der Waals surface area (Å²) in [5.41, 5.74) is 1.93. The van der Waals surface area contributed by atoms with Gasteiger partial charge in [0.05, 0.1) is 0 Å². The molecule has 0 radical (unpaired) electrons. The van der Waals surface area contributed by atoms with Crippen LogP contribution >= 0.6 is 0 Å². The van der Waals surface area contributed by atoms with Gasteiger partial charge in [0.15, 0.2) is 5.78 Å². The molecule has 0 spiro atoms. The summed E-state index contributed by atoms with van der Waals surface area (Å²) in [6.45, 7) is 8.88. The van der Waals surface area contributed by atoms with E-state index in [9.17, 15) is 9.90 Å². The number of hydrogen-bond donors (Lipinski definition) is 1. The molecule has 13 heavy (non-hydrogen) atoms. The van der Waals surface area contributed by atoms with E-state index in [1.807, 2.05) is 13.8 Å². The lowest BCUT2D eigenvalue weighted by molar-refractivity contribution is -0.112. The van der Waals surface area contributed by atoms with Crippen LogP contribution < -0.4 is 0 Å². The Hall–Kier alpha value is -0.890. The predicted molar refractivity (Wildman–Crippen MR) is 52.4 cm³/mol. The number of carbonyl (C=O) groups excluding carboxylic acids is 1. The van der Waals surface area contributed by atoms with Crippen LogP contribution in [0.1, 0.15) is 34.6 Å². The zero-order valence-corrected chi connectivity index (χ0v) is 8.86. The highest BCUT2D eigenvalue weighted by Crippen LogP contribution is 2.35. The molecule has 2 nitrogen and oxygen atoms in total. The van der Waals surface area contributed by atoms with E-state index in [0.717, 1.165) is 11.1 Å². The second-order valence-corrected chi connectivity index (χ2v) is 3.90. The van der Waals surface area contributed by atoms with E-state index in [2.05, 4.69) is 0 Å². The van der Waals surface area contributed by atoms with Crippen LogP contribution in [-0.4, -0.2) is 16.5 Å². The van der Waals surface area contributed by atoms with Gasteiger partial charge in [-0.15, -0.1) is 0 Å². The highest BCUT2D eigenvalue weighted by Gasteiger charge is 2.34. The van der Waals surface area contributed by atoms with Crippen LogP contribution in [-0.2, 0) is 4.79 Å². The summed E-state index contributed by atoms with van der Waals surface area (Å²) in [5.74, 6) is 0.0570. The molecule has 1 rings (SSSR count). The molecular weight excluding hydrogens is 164 g/mol. The number of allylic oxidation sites excluding steroid dienone is 2. The van der Waals surface area contributed by atoms with E-state index >= 15 is 0 Å². The normalized spacial score (nSPS) is 22.8. The van der Waals surface area contributed by atoms with Gasteiger partial charge in [0.2, 0.25) is 0 Å². The molecule has 1 aliphatic rings. The van der Waals surface area contributed by atoms with Gasteiger partial charge in [-0.1, -0.05) is 0 Å². The third kappa shape index (κ3) is 1.25. The zero-order valence-electron chi connectivity index (χ0n) is 8.86. The second-order valence-electron chi connectivity index (χ2n) is 3.90. The van der Waals surface area contributed by atoms with E-state index in [1.165, 1.54) is 0 Å². The summed E-state index contributed by atoms with van der Waals surface area (Å²) in [7, 11) is 0. The number of hydrogen-bond acceptors (Lipinski definition) is 2. The van der Waals surface area contributed by atoms with Crippen LogP contribution in [0.4, 0.5) is 0 Å². The van der Waals surface area contributed by atoms with Gasteiger partial charge in [0.1, 0.15) is 5.60 Å². The second kappa shape index (κ2) is 2.81. The molecule has 0 aromatic rings. The predicted octanol–water partition coefficient (Wildman–Crippen LogP) is 1.99. The Morgan fingerprint density at radius 3 is 1.62 bits per heavy atom. The molecule has 0 aromatic carbocycles. The first-order chi connectivity index (χ1) is 5.80. The lowest BCUT2D eigenvalue weighted by Crippen LogP contribution is -2.34. The molecule has 0 bridgehead atoms. The number of Topliss-reactive ketones (excluding diaryl/α,β-unsaturated/α-hetero) is 1. The molecule has 0 saturated heterocycles. The average Bonchev–Trinajstić information content (AvgIpc) is 2.09. The SMILES string of the molecule is CC1=C(C)C(C)(O)C(C)=C(C)C1=O. The molecule has 0 unspecified atom stereocenters. The molecule has 0 amide bonds. The van der Waals surface area contributed by atoms with E-state index < -0.39 is 5.60 Å². The van der Waals surface area contributed by atoms with Crippen LogP contribution in [0.3, 0.4) is 0 Å². The van der Waals surface area contributed by atoms with Gasteiger partial charge in [-0.05, 0) is 56.9 Å². The van der Waals surface area contributed by atoms with Crippen molar-refractivity contribution in [1.82, 2.24) is 0 Å². The van der Waals surface area contributed by atoms with Gasteiger partial charge in [-0.3, -0.25) is 4.79 Å². The maximum atomic E-state index is 11.6. The Morgan fingerprint density at radius 1 is 1.00 bits per heavy atom. The van der Waals surface area contributed by atoms with Gasteiger partial charge in [-0.25, -0.2) is 0 Å². The first-order valence-electron chi connectivity index (χ1n) is 4.43. The highest BCUT2D eigenvalue weighted by molar-refractivity contribution is 6.10. The number of carbonyl (C=O) groups is 1. The van der Waals surface area contributed by atoms with Crippen LogP contribution in [0.2, 0.25) is 0 Å². The number of aliphatic hydroxyl groups is 1. The monoisotopic (exact) mass is 180 g/mol. The highest BCUT2D eigenvalue weighted by atomic mass is 16.3. The molecule has 2 heteroatoms. The zero-order chi connectivity index (χ0) is 10.4. The van der Waals surface area contributed by atoms with E-state index in [1.54, 1.807) is 20.8 Å². The van der Waals surface area contributed by atoms with Crippen molar-refractivity contribution in [1.29, 1.82) is 0 Å². The van der Waals surface area contributed by atoms with Crippen molar-refractivity contribution in [3.05, 3.63) is 22.3 Å². The lowest BCUT2D eigenvalue weighted by Gasteiger charge is -2.32. The summed E-state index contributed by atoms with van der Waals surface area (Å²) in [6, 6.07) is 0. The Balaban J connectivity index is 3.39. The first kappa shape index (κ1) is 10.2. The first-order valence-corrected chi connectivity index (χ1v) is 4.43. The van der Waals surface area contributed by atoms with Crippen molar-refractivity contribution < 1.29 is 9.90 Å². The fourth-order valence-electron chi connectivity index (χ4n) is 1.63. The van der Waals surface area contributed by atoms with E-state index in [-0.39, 0.29) is 5.78 Å². The molecule has 1 aliphatic carbocycles. The molecule has 0 aromatic heterocycles. The molecule has 0 atom stereocenters. The summed E-state index contributed by atoms with van der Waals surface area (Å²) in [5, 5.41) is 10.1. The smallest absolute Gasteiger partial charge is 0.184 e. The summed E-state index contributed by atoms with van der Waals surface area (Å²) in [4.78, 5) is 11.6. The maximum absolute atomic E-state index is 11.6. The van der Waals surface area contributed by atoms with Crippen LogP contribution in [0.25, 0.3) is 0 Å². The summed E-state index contributed by atoms with van der Waals surface area (Å²) in [6.07, 6.45) is 0. The average molecular weight is 180 g/mol. The number of rotatable bonds is 0. The third-order valence-corrected chi connectivity index (χ3v) is 3.27. The van der Waals surface area contributed by atoms with Crippen LogP contribution in [0.5, 0.6) is 0 Å². The molecule has 72 valence electrons. The quantitative estimate of drug-likeness (QED) is 0.619. The van der Waals surface area contributed by atoms with Crippen molar-refractivity contribution in [3.8, 4) is 0 Å². The minimum Gasteiger partial charge on any atom is -0.381 e. The van der Waals surface area contributed by atoms with Crippen molar-refractivity contribution in [2.75, 3.05) is 0 Å². The molecule has 0 fully saturated rings. The molecule has 0 saturated carbocycles. The Kier molecular flexibility index (Phi) is 2.20. The van der Waals surface area contributed by atoms with Gasteiger partial charge in [0, 0.05) is 0 Å². The van der Waals surface area contributed by atoms with Crippen molar-refractivity contribution in [3.63, 3.8) is 0 Å². The van der Waals surface area contributed by atoms with Crippen molar-refractivity contribution in [2.24, 2.45) is 0 Å². The largest absolute Gasteiger partial charge is 0.381 e. The Morgan fingerprint density at radius 2 is 1.31 bits per heavy atom. The number of ketones is 1. The molecule has 0 heterocycles. The van der Waals surface area contributed by atoms with E-state index in [0.29, 0.717) is 11.1 Å². The van der Waals surface area contributed by atoms with Crippen molar-refractivity contribution >= 4 is 5.78 Å². The van der Waals surface area contributed by atoms with Crippen LogP contribution in [0.15, 0.2) is 22.3 Å². The molecule has 0 aliphatic heterocycles. The third-order valence-electron chi connectivity index (χ3n) is 3.27. The van der Waals surface area contributed by atoms with Gasteiger partial charge in [0.25, 0.3) is 0 Å². The van der Waals surface area contributed by atoms with Gasteiger partial charge < -0.3 is 5.11 Å². The Bertz CT molecular complexity index is 300. The minimum absolute atomic E-state index is 0.0570.